The van der Waals surface area contributed by atoms with Crippen LogP contribution in [0.3, 0.4) is 0 Å². The standard InChI is InChI=1S/C22H28N2O3S2/c1-3-20-19-11-15-28-21(19)10-14-24(20)22(25)17-8-12-23(13-9-17)29(26,27)18-6-4-16(2)5-7-18/h4-7,11,15,17,20H,3,8-10,12-14H2,1-2H3. The summed E-state index contributed by atoms with van der Waals surface area (Å²) in [5.74, 6) is 0.106. The van der Waals surface area contributed by atoms with Crippen LogP contribution < -0.4 is 0 Å². The van der Waals surface area contributed by atoms with Gasteiger partial charge in [0.2, 0.25) is 15.9 Å². The van der Waals surface area contributed by atoms with Crippen molar-refractivity contribution in [3.8, 4) is 0 Å². The van der Waals surface area contributed by atoms with Crippen LogP contribution in [0, 0.1) is 12.8 Å². The van der Waals surface area contributed by atoms with Crippen LogP contribution in [-0.2, 0) is 21.2 Å². The summed E-state index contributed by atoms with van der Waals surface area (Å²) in [7, 11) is -3.49. The molecule has 1 atom stereocenters. The molecule has 1 unspecified atom stereocenters. The summed E-state index contributed by atoms with van der Waals surface area (Å²) < 4.78 is 27.4. The van der Waals surface area contributed by atoms with Crippen molar-refractivity contribution in [2.24, 2.45) is 5.92 Å². The average molecular weight is 433 g/mol. The van der Waals surface area contributed by atoms with Crippen molar-refractivity contribution in [3.05, 3.63) is 51.7 Å². The molecule has 1 aromatic heterocycles. The Kier molecular flexibility index (Phi) is 5.82. The van der Waals surface area contributed by atoms with Crippen molar-refractivity contribution in [2.75, 3.05) is 19.6 Å². The molecular formula is C22H28N2O3S2. The fourth-order valence-corrected chi connectivity index (χ4v) is 6.94. The Balaban J connectivity index is 1.43. The molecule has 2 aromatic rings. The van der Waals surface area contributed by atoms with Crippen molar-refractivity contribution in [3.63, 3.8) is 0 Å². The third kappa shape index (κ3) is 3.88. The first kappa shape index (κ1) is 20.6. The molecule has 2 aliphatic heterocycles. The quantitative estimate of drug-likeness (QED) is 0.734. The van der Waals surface area contributed by atoms with Gasteiger partial charge in [0.05, 0.1) is 10.9 Å². The summed E-state index contributed by atoms with van der Waals surface area (Å²) in [6, 6.07) is 9.29. The van der Waals surface area contributed by atoms with Gasteiger partial charge in [0, 0.05) is 30.4 Å². The number of hydrogen-bond acceptors (Lipinski definition) is 4. The van der Waals surface area contributed by atoms with Crippen LogP contribution in [0.15, 0.2) is 40.6 Å². The lowest BCUT2D eigenvalue weighted by Gasteiger charge is -2.39. The monoisotopic (exact) mass is 432 g/mol. The lowest BCUT2D eigenvalue weighted by molar-refractivity contribution is -0.139. The third-order valence-electron chi connectivity index (χ3n) is 6.23. The van der Waals surface area contributed by atoms with E-state index in [2.05, 4.69) is 18.4 Å². The van der Waals surface area contributed by atoms with E-state index in [0.29, 0.717) is 30.8 Å². The average Bonchev–Trinajstić information content (AvgIpc) is 3.22. The summed E-state index contributed by atoms with van der Waals surface area (Å²) in [5, 5.41) is 2.12. The first-order valence-electron chi connectivity index (χ1n) is 10.4. The van der Waals surface area contributed by atoms with Gasteiger partial charge in [0.25, 0.3) is 0 Å². The number of amides is 1. The number of piperidine rings is 1. The minimum absolute atomic E-state index is 0.0892. The van der Waals surface area contributed by atoms with Gasteiger partial charge in [-0.05, 0) is 61.7 Å². The van der Waals surface area contributed by atoms with Gasteiger partial charge in [0.1, 0.15) is 0 Å². The van der Waals surface area contributed by atoms with E-state index in [1.807, 2.05) is 24.0 Å². The van der Waals surface area contributed by atoms with Crippen LogP contribution in [0.1, 0.15) is 48.2 Å². The largest absolute Gasteiger partial charge is 0.335 e. The molecule has 0 radical (unpaired) electrons. The minimum Gasteiger partial charge on any atom is -0.335 e. The SMILES string of the molecule is CCC1c2ccsc2CCN1C(=O)C1CCN(S(=O)(=O)c2ccc(C)cc2)CC1. The maximum Gasteiger partial charge on any atom is 0.243 e. The van der Waals surface area contributed by atoms with Gasteiger partial charge >= 0.3 is 0 Å². The summed E-state index contributed by atoms with van der Waals surface area (Å²) in [6.07, 6.45) is 3.02. The van der Waals surface area contributed by atoms with E-state index in [4.69, 9.17) is 0 Å². The van der Waals surface area contributed by atoms with Crippen LogP contribution in [0.5, 0.6) is 0 Å². The number of thiophene rings is 1. The van der Waals surface area contributed by atoms with E-state index in [-0.39, 0.29) is 17.9 Å². The van der Waals surface area contributed by atoms with Crippen molar-refractivity contribution in [2.45, 2.75) is 50.5 Å². The van der Waals surface area contributed by atoms with Gasteiger partial charge in [-0.2, -0.15) is 4.31 Å². The number of rotatable bonds is 4. The van der Waals surface area contributed by atoms with Gasteiger partial charge in [0.15, 0.2) is 0 Å². The maximum absolute atomic E-state index is 13.3. The van der Waals surface area contributed by atoms with Crippen LogP contribution in [0.2, 0.25) is 0 Å². The van der Waals surface area contributed by atoms with Crippen molar-refractivity contribution >= 4 is 27.3 Å². The molecule has 0 N–H and O–H groups in total. The van der Waals surface area contributed by atoms with Crippen LogP contribution in [0.25, 0.3) is 0 Å². The summed E-state index contributed by atoms with van der Waals surface area (Å²) in [5.41, 5.74) is 2.34. The molecule has 5 nitrogen and oxygen atoms in total. The Hall–Kier alpha value is -1.70. The van der Waals surface area contributed by atoms with E-state index in [1.165, 1.54) is 14.7 Å². The van der Waals surface area contributed by atoms with E-state index in [1.54, 1.807) is 23.5 Å². The molecule has 1 amide bonds. The molecule has 3 heterocycles. The van der Waals surface area contributed by atoms with Crippen molar-refractivity contribution in [1.29, 1.82) is 0 Å². The van der Waals surface area contributed by atoms with Crippen LogP contribution in [0.4, 0.5) is 0 Å². The molecule has 1 fully saturated rings. The number of benzene rings is 1. The lowest BCUT2D eigenvalue weighted by atomic mass is 9.92. The minimum atomic E-state index is -3.49. The number of hydrogen-bond donors (Lipinski definition) is 0. The molecule has 0 bridgehead atoms. The molecule has 156 valence electrons. The van der Waals surface area contributed by atoms with E-state index in [0.717, 1.165) is 24.9 Å². The lowest BCUT2D eigenvalue weighted by Crippen LogP contribution is -2.47. The summed E-state index contributed by atoms with van der Waals surface area (Å²) >= 11 is 1.78. The fraction of sp³-hybridized carbons (Fsp3) is 0.500. The van der Waals surface area contributed by atoms with Gasteiger partial charge < -0.3 is 4.90 Å². The molecule has 7 heteroatoms. The van der Waals surface area contributed by atoms with E-state index in [9.17, 15) is 13.2 Å². The highest BCUT2D eigenvalue weighted by atomic mass is 32.2. The third-order valence-corrected chi connectivity index (χ3v) is 9.14. The second-order valence-corrected chi connectivity index (χ2v) is 10.9. The molecule has 1 saturated heterocycles. The smallest absolute Gasteiger partial charge is 0.243 e. The van der Waals surface area contributed by atoms with Gasteiger partial charge in [-0.1, -0.05) is 24.6 Å². The van der Waals surface area contributed by atoms with Crippen molar-refractivity contribution < 1.29 is 13.2 Å². The zero-order valence-electron chi connectivity index (χ0n) is 17.0. The predicted molar refractivity (Wildman–Crippen MR) is 115 cm³/mol. The number of carbonyl (C=O) groups excluding carboxylic acids is 1. The van der Waals surface area contributed by atoms with E-state index >= 15 is 0 Å². The predicted octanol–water partition coefficient (Wildman–Crippen LogP) is 3.99. The first-order valence-corrected chi connectivity index (χ1v) is 12.7. The van der Waals surface area contributed by atoms with Gasteiger partial charge in [-0.15, -0.1) is 11.3 Å². The highest BCUT2D eigenvalue weighted by Gasteiger charge is 2.37. The Morgan fingerprint density at radius 2 is 1.79 bits per heavy atom. The number of carbonyl (C=O) groups is 1. The maximum atomic E-state index is 13.3. The summed E-state index contributed by atoms with van der Waals surface area (Å²) in [6.45, 7) is 5.65. The molecule has 1 aromatic carbocycles. The Labute approximate surface area is 177 Å². The van der Waals surface area contributed by atoms with Gasteiger partial charge in [-0.3, -0.25) is 4.79 Å². The normalized spacial score (nSPS) is 21.2. The Morgan fingerprint density at radius 1 is 1.10 bits per heavy atom. The van der Waals surface area contributed by atoms with E-state index < -0.39 is 10.0 Å². The topological polar surface area (TPSA) is 57.7 Å². The molecule has 29 heavy (non-hydrogen) atoms. The van der Waals surface area contributed by atoms with Crippen LogP contribution in [-0.4, -0.2) is 43.2 Å². The number of aryl methyl sites for hydroxylation is 1. The molecule has 0 aliphatic carbocycles. The molecule has 2 aliphatic rings. The molecule has 0 spiro atoms. The number of fused-ring (bicyclic) bond motifs is 1. The molecule has 0 saturated carbocycles. The number of nitrogens with zero attached hydrogens (tertiary/aromatic N) is 2. The second-order valence-electron chi connectivity index (χ2n) is 8.00. The van der Waals surface area contributed by atoms with Crippen molar-refractivity contribution in [1.82, 2.24) is 9.21 Å². The Morgan fingerprint density at radius 3 is 2.45 bits per heavy atom. The zero-order chi connectivity index (χ0) is 20.6. The Bertz CT molecular complexity index is 974. The second kappa shape index (κ2) is 8.20. The summed E-state index contributed by atoms with van der Waals surface area (Å²) in [4.78, 5) is 17.1. The number of sulfonamides is 1. The highest BCUT2D eigenvalue weighted by Crippen LogP contribution is 2.37. The molecule has 4 rings (SSSR count). The zero-order valence-corrected chi connectivity index (χ0v) is 18.6. The fourth-order valence-electron chi connectivity index (χ4n) is 4.54. The molecular weight excluding hydrogens is 404 g/mol. The highest BCUT2D eigenvalue weighted by molar-refractivity contribution is 7.89. The van der Waals surface area contributed by atoms with Gasteiger partial charge in [-0.25, -0.2) is 8.42 Å². The first-order chi connectivity index (χ1) is 13.9. The van der Waals surface area contributed by atoms with Crippen LogP contribution >= 0.6 is 11.3 Å².